The largest absolute Gasteiger partial charge is 0.320 e. The molecule has 2 aromatic carbocycles. The third kappa shape index (κ3) is 2.86. The highest BCUT2D eigenvalue weighted by Crippen LogP contribution is 2.33. The average Bonchev–Trinajstić information content (AvgIpc) is 3.32. The Kier molecular flexibility index (Phi) is 4.02. The molecule has 4 aromatic rings. The molecule has 0 aliphatic heterocycles. The van der Waals surface area contributed by atoms with Crippen LogP contribution in [0.1, 0.15) is 10.4 Å². The van der Waals surface area contributed by atoms with Crippen molar-refractivity contribution in [2.24, 2.45) is 12.2 Å². The standard InChI is InChI=1S/C18H13N5O2S/c1-23-16-7-5-12(10-15(16)20-22-23)18(24)19-14-9-11(4-6-13(14)21-25)17-3-2-8-26-17/h2-10H,1H3,(H,19,24). The molecule has 4 rings (SSSR count). The van der Waals surface area contributed by atoms with Crippen LogP contribution in [0.4, 0.5) is 11.4 Å². The van der Waals surface area contributed by atoms with E-state index in [9.17, 15) is 9.70 Å². The van der Waals surface area contributed by atoms with Crippen molar-refractivity contribution >= 4 is 39.7 Å². The van der Waals surface area contributed by atoms with Gasteiger partial charge in [0.05, 0.1) is 11.2 Å². The van der Waals surface area contributed by atoms with Crippen LogP contribution >= 0.6 is 11.3 Å². The van der Waals surface area contributed by atoms with Crippen LogP contribution in [-0.4, -0.2) is 20.9 Å². The Bertz CT molecular complexity index is 1120. The monoisotopic (exact) mass is 363 g/mol. The summed E-state index contributed by atoms with van der Waals surface area (Å²) in [6.45, 7) is 0. The molecule has 0 unspecified atom stereocenters. The summed E-state index contributed by atoms with van der Waals surface area (Å²) in [5.74, 6) is -0.342. The van der Waals surface area contributed by atoms with Gasteiger partial charge in [0.15, 0.2) is 0 Å². The van der Waals surface area contributed by atoms with Gasteiger partial charge in [0.25, 0.3) is 5.91 Å². The van der Waals surface area contributed by atoms with Gasteiger partial charge in [-0.2, -0.15) is 0 Å². The van der Waals surface area contributed by atoms with Crippen LogP contribution < -0.4 is 5.32 Å². The van der Waals surface area contributed by atoms with Crippen molar-refractivity contribution in [3.63, 3.8) is 0 Å². The highest BCUT2D eigenvalue weighted by atomic mass is 32.1. The van der Waals surface area contributed by atoms with E-state index in [-0.39, 0.29) is 11.6 Å². The van der Waals surface area contributed by atoms with E-state index >= 15 is 0 Å². The smallest absolute Gasteiger partial charge is 0.255 e. The molecule has 0 atom stereocenters. The second-order valence-electron chi connectivity index (χ2n) is 5.67. The minimum atomic E-state index is -0.342. The first kappa shape index (κ1) is 16.1. The lowest BCUT2D eigenvalue weighted by atomic mass is 10.1. The summed E-state index contributed by atoms with van der Waals surface area (Å²) in [5, 5.41) is 15.7. The summed E-state index contributed by atoms with van der Waals surface area (Å²) in [6.07, 6.45) is 0. The van der Waals surface area contributed by atoms with E-state index in [2.05, 4.69) is 20.8 Å². The molecule has 0 saturated carbocycles. The van der Waals surface area contributed by atoms with Crippen LogP contribution in [0.2, 0.25) is 0 Å². The summed E-state index contributed by atoms with van der Waals surface area (Å²) in [7, 11) is 1.78. The summed E-state index contributed by atoms with van der Waals surface area (Å²) in [5.41, 5.74) is 3.34. The van der Waals surface area contributed by atoms with Gasteiger partial charge in [-0.3, -0.25) is 4.79 Å². The average molecular weight is 363 g/mol. The second-order valence-corrected chi connectivity index (χ2v) is 6.62. The molecule has 1 N–H and O–H groups in total. The first-order chi connectivity index (χ1) is 12.7. The number of carbonyl (C=O) groups is 1. The number of fused-ring (bicyclic) bond motifs is 1. The van der Waals surface area contributed by atoms with Crippen LogP contribution in [0, 0.1) is 4.91 Å². The van der Waals surface area contributed by atoms with E-state index in [1.165, 1.54) is 0 Å². The molecule has 7 nitrogen and oxygen atoms in total. The summed E-state index contributed by atoms with van der Waals surface area (Å²) < 4.78 is 1.63. The summed E-state index contributed by atoms with van der Waals surface area (Å²) in [6, 6.07) is 14.2. The summed E-state index contributed by atoms with van der Waals surface area (Å²) in [4.78, 5) is 24.8. The van der Waals surface area contributed by atoms with Gasteiger partial charge in [-0.25, -0.2) is 4.68 Å². The molecule has 8 heteroatoms. The Balaban J connectivity index is 1.67. The molecular weight excluding hydrogens is 350 g/mol. The van der Waals surface area contributed by atoms with Crippen molar-refractivity contribution in [3.8, 4) is 10.4 Å². The SMILES string of the molecule is Cn1nnc2cc(C(=O)Nc3cc(-c4cccs4)ccc3N=O)ccc21. The molecule has 0 spiro atoms. The van der Waals surface area contributed by atoms with Crippen molar-refractivity contribution in [2.75, 3.05) is 5.32 Å². The van der Waals surface area contributed by atoms with E-state index < -0.39 is 0 Å². The normalized spacial score (nSPS) is 10.8. The number of hydrogen-bond acceptors (Lipinski definition) is 6. The predicted octanol–water partition coefficient (Wildman–Crippen LogP) is 4.35. The number of anilines is 1. The van der Waals surface area contributed by atoms with Crippen molar-refractivity contribution in [1.82, 2.24) is 15.0 Å². The fourth-order valence-electron chi connectivity index (χ4n) is 2.69. The number of carbonyl (C=O) groups excluding carboxylic acids is 1. The number of nitrogens with zero attached hydrogens (tertiary/aromatic N) is 4. The fourth-order valence-corrected chi connectivity index (χ4v) is 3.41. The van der Waals surface area contributed by atoms with Crippen LogP contribution in [0.3, 0.4) is 0 Å². The number of hydrogen-bond donors (Lipinski definition) is 1. The zero-order chi connectivity index (χ0) is 18.1. The lowest BCUT2D eigenvalue weighted by Gasteiger charge is -2.09. The van der Waals surface area contributed by atoms with Crippen LogP contribution in [0.5, 0.6) is 0 Å². The van der Waals surface area contributed by atoms with Crippen molar-refractivity contribution < 1.29 is 4.79 Å². The molecule has 0 fully saturated rings. The summed E-state index contributed by atoms with van der Waals surface area (Å²) >= 11 is 1.58. The quantitative estimate of drug-likeness (QED) is 0.546. The van der Waals surface area contributed by atoms with Gasteiger partial charge in [-0.05, 0) is 52.5 Å². The third-order valence-electron chi connectivity index (χ3n) is 4.02. The Morgan fingerprint density at radius 2 is 2.08 bits per heavy atom. The first-order valence-electron chi connectivity index (χ1n) is 7.78. The van der Waals surface area contributed by atoms with Gasteiger partial charge in [0, 0.05) is 17.5 Å². The van der Waals surface area contributed by atoms with E-state index in [0.29, 0.717) is 16.8 Å². The van der Waals surface area contributed by atoms with Gasteiger partial charge in [0.2, 0.25) is 0 Å². The van der Waals surface area contributed by atoms with Crippen molar-refractivity contribution in [1.29, 1.82) is 0 Å². The van der Waals surface area contributed by atoms with Crippen molar-refractivity contribution in [3.05, 3.63) is 64.4 Å². The number of nitroso groups, excluding NO2 is 1. The van der Waals surface area contributed by atoms with Gasteiger partial charge in [-0.1, -0.05) is 17.3 Å². The molecule has 0 bridgehead atoms. The second kappa shape index (κ2) is 6.49. The molecule has 0 aliphatic rings. The topological polar surface area (TPSA) is 89.2 Å². The molecule has 128 valence electrons. The zero-order valence-corrected chi connectivity index (χ0v) is 14.5. The third-order valence-corrected chi connectivity index (χ3v) is 4.94. The van der Waals surface area contributed by atoms with E-state index in [1.807, 2.05) is 23.6 Å². The Hall–Kier alpha value is -3.39. The van der Waals surface area contributed by atoms with Gasteiger partial charge < -0.3 is 5.32 Å². The van der Waals surface area contributed by atoms with Crippen LogP contribution in [-0.2, 0) is 7.05 Å². The highest BCUT2D eigenvalue weighted by Gasteiger charge is 2.13. The fraction of sp³-hybridized carbons (Fsp3) is 0.0556. The molecular formula is C18H13N5O2S. The molecule has 2 aromatic heterocycles. The lowest BCUT2D eigenvalue weighted by Crippen LogP contribution is -2.12. The number of amides is 1. The first-order valence-corrected chi connectivity index (χ1v) is 8.66. The van der Waals surface area contributed by atoms with Gasteiger partial charge >= 0.3 is 0 Å². The molecule has 0 radical (unpaired) electrons. The minimum Gasteiger partial charge on any atom is -0.320 e. The molecule has 26 heavy (non-hydrogen) atoms. The van der Waals surface area contributed by atoms with E-state index in [4.69, 9.17) is 0 Å². The van der Waals surface area contributed by atoms with Crippen molar-refractivity contribution in [2.45, 2.75) is 0 Å². The number of benzene rings is 2. The maximum Gasteiger partial charge on any atom is 0.255 e. The predicted molar refractivity (Wildman–Crippen MR) is 102 cm³/mol. The number of aromatic nitrogens is 3. The Morgan fingerprint density at radius 3 is 2.85 bits per heavy atom. The highest BCUT2D eigenvalue weighted by molar-refractivity contribution is 7.13. The Morgan fingerprint density at radius 1 is 1.19 bits per heavy atom. The minimum absolute atomic E-state index is 0.180. The van der Waals surface area contributed by atoms with E-state index in [0.717, 1.165) is 16.0 Å². The molecule has 2 heterocycles. The maximum atomic E-state index is 12.6. The van der Waals surface area contributed by atoms with Gasteiger partial charge in [0.1, 0.15) is 11.2 Å². The number of thiophene rings is 1. The number of aryl methyl sites for hydroxylation is 1. The van der Waals surface area contributed by atoms with Gasteiger partial charge in [-0.15, -0.1) is 21.3 Å². The van der Waals surface area contributed by atoms with Crippen LogP contribution in [0.15, 0.2) is 59.1 Å². The van der Waals surface area contributed by atoms with E-state index in [1.54, 1.807) is 53.4 Å². The van der Waals surface area contributed by atoms with Crippen LogP contribution in [0.25, 0.3) is 21.5 Å². The molecule has 0 saturated heterocycles. The zero-order valence-electron chi connectivity index (χ0n) is 13.7. The Labute approximate surface area is 152 Å². The molecule has 1 amide bonds. The maximum absolute atomic E-state index is 12.6. The number of rotatable bonds is 4. The number of nitrogens with one attached hydrogen (secondary N) is 1. The molecule has 0 aliphatic carbocycles. The lowest BCUT2D eigenvalue weighted by molar-refractivity contribution is 0.102.